The summed E-state index contributed by atoms with van der Waals surface area (Å²) < 4.78 is 44.6. The van der Waals surface area contributed by atoms with Crippen molar-refractivity contribution in [2.45, 2.75) is 69.5 Å². The largest absolute Gasteiger partial charge is 0.352 e. The monoisotopic (exact) mass is 675 g/mol. The van der Waals surface area contributed by atoms with Crippen molar-refractivity contribution in [1.82, 2.24) is 10.2 Å². The number of rotatable bonds is 12. The van der Waals surface area contributed by atoms with Gasteiger partial charge in [-0.05, 0) is 68.1 Å². The molecule has 1 N–H and O–H groups in total. The molecule has 0 saturated heterocycles. The van der Waals surface area contributed by atoms with Crippen LogP contribution in [0.25, 0.3) is 0 Å². The number of amides is 2. The van der Waals surface area contributed by atoms with Gasteiger partial charge in [0.25, 0.3) is 10.0 Å². The maximum atomic E-state index is 15.1. The van der Waals surface area contributed by atoms with Crippen LogP contribution >= 0.6 is 11.6 Å². The Morgan fingerprint density at radius 2 is 1.57 bits per heavy atom. The molecule has 0 aromatic heterocycles. The minimum atomic E-state index is -4.28. The highest BCUT2D eigenvalue weighted by Crippen LogP contribution is 2.29. The average molecular weight is 676 g/mol. The number of nitrogens with zero attached hydrogens (tertiary/aromatic N) is 2. The molecule has 47 heavy (non-hydrogen) atoms. The fourth-order valence-electron chi connectivity index (χ4n) is 5.83. The van der Waals surface area contributed by atoms with Crippen molar-refractivity contribution < 1.29 is 22.4 Å². The molecule has 4 aromatic carbocycles. The molecule has 5 rings (SSSR count). The lowest BCUT2D eigenvalue weighted by atomic mass is 10.0. The standard InChI is InChI=1S/C37H39ClFN3O4S/c1-26-16-20-32(21-17-26)47(45,46)42(31-19-18-27(2)33(38)23-31)25-36(43)41(24-29-12-6-9-15-34(29)39)35(22-28-10-4-3-5-11-28)37(44)40-30-13-7-8-14-30/h3-6,9-12,15-21,23,30,35H,7-8,13-14,22,24-25H2,1-2H3,(H,40,44)/t35-/m1/s1. The lowest BCUT2D eigenvalue weighted by Gasteiger charge is -2.34. The van der Waals surface area contributed by atoms with Gasteiger partial charge in [-0.1, -0.05) is 96.7 Å². The number of sulfonamides is 1. The highest BCUT2D eigenvalue weighted by atomic mass is 35.5. The van der Waals surface area contributed by atoms with Gasteiger partial charge in [-0.2, -0.15) is 0 Å². The minimum Gasteiger partial charge on any atom is -0.352 e. The summed E-state index contributed by atoms with van der Waals surface area (Å²) in [6.07, 6.45) is 3.82. The Labute approximate surface area is 281 Å². The lowest BCUT2D eigenvalue weighted by molar-refractivity contribution is -0.140. The molecule has 0 radical (unpaired) electrons. The van der Waals surface area contributed by atoms with Crippen molar-refractivity contribution >= 4 is 39.1 Å². The molecular weight excluding hydrogens is 637 g/mol. The maximum absolute atomic E-state index is 15.1. The van der Waals surface area contributed by atoms with E-state index in [4.69, 9.17) is 11.6 Å². The smallest absolute Gasteiger partial charge is 0.264 e. The minimum absolute atomic E-state index is 0.00642. The number of anilines is 1. The van der Waals surface area contributed by atoms with Gasteiger partial charge in [0, 0.05) is 29.6 Å². The maximum Gasteiger partial charge on any atom is 0.264 e. The Kier molecular flexibility index (Phi) is 11.0. The molecule has 1 atom stereocenters. The third kappa shape index (κ3) is 8.39. The van der Waals surface area contributed by atoms with Crippen LogP contribution in [0.5, 0.6) is 0 Å². The first kappa shape index (κ1) is 34.1. The fourth-order valence-corrected chi connectivity index (χ4v) is 7.42. The SMILES string of the molecule is Cc1ccc(S(=O)(=O)N(CC(=O)N(Cc2ccccc2F)[C@H](Cc2ccccc2)C(=O)NC2CCCC2)c2ccc(C)c(Cl)c2)cc1. The second-order valence-corrected chi connectivity index (χ2v) is 14.3. The van der Waals surface area contributed by atoms with Gasteiger partial charge in [0.05, 0.1) is 10.6 Å². The molecule has 7 nitrogen and oxygen atoms in total. The molecule has 10 heteroatoms. The van der Waals surface area contributed by atoms with Crippen LogP contribution in [0.2, 0.25) is 5.02 Å². The topological polar surface area (TPSA) is 86.8 Å². The predicted octanol–water partition coefficient (Wildman–Crippen LogP) is 6.99. The van der Waals surface area contributed by atoms with Crippen molar-refractivity contribution in [3.63, 3.8) is 0 Å². The summed E-state index contributed by atoms with van der Waals surface area (Å²) in [5.41, 5.74) is 2.81. The van der Waals surface area contributed by atoms with E-state index in [1.807, 2.05) is 37.3 Å². The van der Waals surface area contributed by atoms with E-state index < -0.39 is 34.3 Å². The van der Waals surface area contributed by atoms with Crippen molar-refractivity contribution in [3.8, 4) is 0 Å². The van der Waals surface area contributed by atoms with Crippen LogP contribution in [-0.2, 0) is 32.6 Å². The van der Waals surface area contributed by atoms with Gasteiger partial charge in [0.15, 0.2) is 0 Å². The molecule has 1 aliphatic rings. The third-order valence-electron chi connectivity index (χ3n) is 8.60. The van der Waals surface area contributed by atoms with E-state index in [2.05, 4.69) is 5.32 Å². The Bertz CT molecular complexity index is 1810. The van der Waals surface area contributed by atoms with Crippen molar-refractivity contribution in [2.24, 2.45) is 0 Å². The predicted molar refractivity (Wildman–Crippen MR) is 183 cm³/mol. The summed E-state index contributed by atoms with van der Waals surface area (Å²) in [6.45, 7) is 2.76. The number of aryl methyl sites for hydroxylation is 2. The summed E-state index contributed by atoms with van der Waals surface area (Å²) in [4.78, 5) is 30.0. The number of halogens is 2. The normalized spacial score (nSPS) is 14.0. The number of benzene rings is 4. The Hall–Kier alpha value is -4.21. The van der Waals surface area contributed by atoms with Crippen LogP contribution < -0.4 is 9.62 Å². The molecule has 0 bridgehead atoms. The second kappa shape index (κ2) is 15.1. The Morgan fingerprint density at radius 3 is 2.23 bits per heavy atom. The molecule has 0 unspecified atom stereocenters. The van der Waals surface area contributed by atoms with E-state index in [1.54, 1.807) is 49.4 Å². The summed E-state index contributed by atoms with van der Waals surface area (Å²) in [6, 6.07) is 25.4. The number of hydrogen-bond acceptors (Lipinski definition) is 4. The van der Waals surface area contributed by atoms with Crippen LogP contribution in [0.3, 0.4) is 0 Å². The van der Waals surface area contributed by atoms with Crippen LogP contribution in [0.15, 0.2) is 102 Å². The van der Waals surface area contributed by atoms with E-state index in [1.165, 1.54) is 29.2 Å². The van der Waals surface area contributed by atoms with Crippen molar-refractivity contribution in [2.75, 3.05) is 10.8 Å². The first-order valence-corrected chi connectivity index (χ1v) is 17.6. The Balaban J connectivity index is 1.58. The van der Waals surface area contributed by atoms with Gasteiger partial charge < -0.3 is 10.2 Å². The molecule has 0 heterocycles. The zero-order chi connectivity index (χ0) is 33.6. The first-order chi connectivity index (χ1) is 22.5. The van der Waals surface area contributed by atoms with Crippen LogP contribution in [0, 0.1) is 19.7 Å². The zero-order valence-corrected chi connectivity index (χ0v) is 28.1. The molecule has 4 aromatic rings. The van der Waals surface area contributed by atoms with Crippen molar-refractivity contribution in [3.05, 3.63) is 130 Å². The third-order valence-corrected chi connectivity index (χ3v) is 10.8. The highest BCUT2D eigenvalue weighted by Gasteiger charge is 2.36. The van der Waals surface area contributed by atoms with Gasteiger partial charge in [0.2, 0.25) is 11.8 Å². The summed E-state index contributed by atoms with van der Waals surface area (Å²) in [5, 5.41) is 3.45. The van der Waals surface area contributed by atoms with Gasteiger partial charge in [0.1, 0.15) is 18.4 Å². The second-order valence-electron chi connectivity index (χ2n) is 12.1. The van der Waals surface area contributed by atoms with E-state index in [0.717, 1.165) is 46.7 Å². The molecule has 246 valence electrons. The van der Waals surface area contributed by atoms with Crippen LogP contribution in [-0.4, -0.2) is 43.8 Å². The number of hydrogen-bond donors (Lipinski definition) is 1. The van der Waals surface area contributed by atoms with Gasteiger partial charge in [-0.3, -0.25) is 13.9 Å². The van der Waals surface area contributed by atoms with Gasteiger partial charge in [-0.25, -0.2) is 12.8 Å². The zero-order valence-electron chi connectivity index (χ0n) is 26.5. The van der Waals surface area contributed by atoms with E-state index >= 15 is 4.39 Å². The molecule has 0 aliphatic heterocycles. The van der Waals surface area contributed by atoms with Crippen LogP contribution in [0.4, 0.5) is 10.1 Å². The lowest BCUT2D eigenvalue weighted by Crippen LogP contribution is -2.54. The van der Waals surface area contributed by atoms with Gasteiger partial charge >= 0.3 is 0 Å². The molecular formula is C37H39ClFN3O4S. The van der Waals surface area contributed by atoms with Crippen LogP contribution in [0.1, 0.15) is 47.9 Å². The summed E-state index contributed by atoms with van der Waals surface area (Å²) in [5.74, 6) is -1.56. The average Bonchev–Trinajstić information content (AvgIpc) is 3.57. The molecule has 2 amide bonds. The number of carbonyl (C=O) groups excluding carboxylic acids is 2. The van der Waals surface area contributed by atoms with E-state index in [-0.39, 0.29) is 41.1 Å². The Morgan fingerprint density at radius 1 is 0.915 bits per heavy atom. The summed E-state index contributed by atoms with van der Waals surface area (Å²) in [7, 11) is -4.28. The summed E-state index contributed by atoms with van der Waals surface area (Å²) >= 11 is 6.45. The number of nitrogens with one attached hydrogen (secondary N) is 1. The van der Waals surface area contributed by atoms with Gasteiger partial charge in [-0.15, -0.1) is 0 Å². The molecule has 1 aliphatic carbocycles. The molecule has 1 saturated carbocycles. The highest BCUT2D eigenvalue weighted by molar-refractivity contribution is 7.92. The molecule has 0 spiro atoms. The molecule has 1 fully saturated rings. The van der Waals surface area contributed by atoms with E-state index in [9.17, 15) is 18.0 Å². The fraction of sp³-hybridized carbons (Fsp3) is 0.297. The van der Waals surface area contributed by atoms with E-state index in [0.29, 0.717) is 5.02 Å². The first-order valence-electron chi connectivity index (χ1n) is 15.8. The quantitative estimate of drug-likeness (QED) is 0.175. The number of carbonyl (C=O) groups is 2. The van der Waals surface area contributed by atoms with Crippen molar-refractivity contribution in [1.29, 1.82) is 0 Å².